The molecule has 2 atom stereocenters. The summed E-state index contributed by atoms with van der Waals surface area (Å²) in [5, 5.41) is 19.8. The van der Waals surface area contributed by atoms with Gasteiger partial charge in [0.05, 0.1) is 59.5 Å². The monoisotopic (exact) mass is 640 g/mol. The summed E-state index contributed by atoms with van der Waals surface area (Å²) in [5.41, 5.74) is 0.714. The van der Waals surface area contributed by atoms with Crippen LogP contribution < -0.4 is 21.3 Å². The summed E-state index contributed by atoms with van der Waals surface area (Å²) in [7, 11) is 0. The molecule has 4 amide bonds. The quantitative estimate of drug-likeness (QED) is 0.117. The zero-order valence-corrected chi connectivity index (χ0v) is 27.4. The number of hydrogen-bond acceptors (Lipinski definition) is 10. The van der Waals surface area contributed by atoms with Gasteiger partial charge in [0.25, 0.3) is 0 Å². The highest BCUT2D eigenvalue weighted by Crippen LogP contribution is 2.10. The van der Waals surface area contributed by atoms with Crippen molar-refractivity contribution in [3.63, 3.8) is 0 Å². The van der Waals surface area contributed by atoms with Crippen molar-refractivity contribution in [1.82, 2.24) is 16.0 Å². The Morgan fingerprint density at radius 2 is 1.29 bits per heavy atom. The van der Waals surface area contributed by atoms with Crippen molar-refractivity contribution < 1.29 is 48.0 Å². The fourth-order valence-corrected chi connectivity index (χ4v) is 3.56. The molecule has 0 unspecified atom stereocenters. The SMILES string of the molecule is CC(C)[C@H](NC(=O)CCOCCOCCOCCOCCNC(=O)OC(C)(C)C)C(=O)N[C@@H](C)C(=O)Nc1ccc(CO)cc1. The molecule has 45 heavy (non-hydrogen) atoms. The number of rotatable bonds is 22. The number of anilines is 1. The fourth-order valence-electron chi connectivity index (χ4n) is 3.56. The molecule has 0 bridgehead atoms. The minimum atomic E-state index is -0.838. The number of aliphatic hydroxyl groups is 1. The average Bonchev–Trinajstić information content (AvgIpc) is 2.97. The molecule has 0 aliphatic heterocycles. The third kappa shape index (κ3) is 19.6. The van der Waals surface area contributed by atoms with Gasteiger partial charge in [0.2, 0.25) is 17.7 Å². The van der Waals surface area contributed by atoms with Crippen LogP contribution in [-0.4, -0.2) is 106 Å². The van der Waals surface area contributed by atoms with Crippen LogP contribution in [0.1, 0.15) is 53.5 Å². The van der Waals surface area contributed by atoms with Crippen LogP contribution in [-0.2, 0) is 44.7 Å². The van der Waals surface area contributed by atoms with Gasteiger partial charge in [-0.25, -0.2) is 4.79 Å². The minimum Gasteiger partial charge on any atom is -0.444 e. The summed E-state index contributed by atoms with van der Waals surface area (Å²) in [6.07, 6.45) is -0.419. The summed E-state index contributed by atoms with van der Waals surface area (Å²) in [6, 6.07) is 5.04. The van der Waals surface area contributed by atoms with Gasteiger partial charge in [0.1, 0.15) is 17.7 Å². The highest BCUT2D eigenvalue weighted by Gasteiger charge is 2.27. The first-order chi connectivity index (χ1) is 21.3. The largest absolute Gasteiger partial charge is 0.444 e. The van der Waals surface area contributed by atoms with E-state index in [9.17, 15) is 19.2 Å². The van der Waals surface area contributed by atoms with E-state index in [1.54, 1.807) is 65.8 Å². The second-order valence-corrected chi connectivity index (χ2v) is 11.5. The maximum Gasteiger partial charge on any atom is 0.407 e. The first-order valence-electron chi connectivity index (χ1n) is 15.2. The molecule has 0 saturated heterocycles. The second kappa shape index (κ2) is 22.2. The second-order valence-electron chi connectivity index (χ2n) is 11.5. The lowest BCUT2D eigenvalue weighted by Gasteiger charge is -2.24. The molecule has 1 aromatic rings. The standard InChI is InChI=1S/C31H52N4O10/c1-22(2)27(29(39)33-23(3)28(38)34-25-9-7-24(21-36)8-10-25)35-26(37)11-13-41-15-17-43-19-20-44-18-16-42-14-12-32-30(40)45-31(4,5)6/h7-10,22-23,27,36H,11-21H2,1-6H3,(H,32,40)(H,33,39)(H,34,38)(H,35,37)/t23-,27-/m0/s1. The molecule has 0 aromatic heterocycles. The molecular weight excluding hydrogens is 588 g/mol. The third-order valence-corrected chi connectivity index (χ3v) is 5.93. The summed E-state index contributed by atoms with van der Waals surface area (Å²) in [5.74, 6) is -1.43. The molecule has 0 heterocycles. The summed E-state index contributed by atoms with van der Waals surface area (Å²) in [4.78, 5) is 49.3. The molecule has 0 spiro atoms. The van der Waals surface area contributed by atoms with Crippen LogP contribution in [0.2, 0.25) is 0 Å². The highest BCUT2D eigenvalue weighted by atomic mass is 16.6. The van der Waals surface area contributed by atoms with Crippen LogP contribution in [0.4, 0.5) is 10.5 Å². The maximum absolute atomic E-state index is 12.8. The molecule has 1 rings (SSSR count). The molecule has 14 heteroatoms. The van der Waals surface area contributed by atoms with Gasteiger partial charge in [-0.2, -0.15) is 0 Å². The number of amides is 4. The lowest BCUT2D eigenvalue weighted by Crippen LogP contribution is -2.53. The molecule has 256 valence electrons. The van der Waals surface area contributed by atoms with Gasteiger partial charge in [-0.05, 0) is 51.3 Å². The van der Waals surface area contributed by atoms with E-state index in [0.29, 0.717) is 64.0 Å². The Labute approximate surface area is 266 Å². The van der Waals surface area contributed by atoms with Gasteiger partial charge in [-0.3, -0.25) is 14.4 Å². The Bertz CT molecular complexity index is 1010. The third-order valence-electron chi connectivity index (χ3n) is 5.93. The highest BCUT2D eigenvalue weighted by molar-refractivity contribution is 5.98. The predicted octanol–water partition coefficient (Wildman–Crippen LogP) is 1.74. The maximum atomic E-state index is 12.8. The molecule has 0 saturated carbocycles. The lowest BCUT2D eigenvalue weighted by molar-refractivity contribution is -0.132. The Hall–Kier alpha value is -3.30. The van der Waals surface area contributed by atoms with Gasteiger partial charge < -0.3 is 50.1 Å². The zero-order chi connectivity index (χ0) is 33.7. The number of carbonyl (C=O) groups excluding carboxylic acids is 4. The number of aliphatic hydroxyl groups excluding tert-OH is 1. The molecule has 0 aliphatic rings. The van der Waals surface area contributed by atoms with Gasteiger partial charge in [0, 0.05) is 18.7 Å². The smallest absolute Gasteiger partial charge is 0.407 e. The molecule has 0 radical (unpaired) electrons. The molecule has 0 fully saturated rings. The minimum absolute atomic E-state index is 0.0623. The number of alkyl carbamates (subject to hydrolysis) is 1. The Morgan fingerprint density at radius 1 is 0.756 bits per heavy atom. The molecule has 1 aromatic carbocycles. The zero-order valence-electron chi connectivity index (χ0n) is 27.4. The molecule has 14 nitrogen and oxygen atoms in total. The van der Waals surface area contributed by atoms with Crippen molar-refractivity contribution in [2.75, 3.05) is 64.7 Å². The van der Waals surface area contributed by atoms with E-state index in [4.69, 9.17) is 28.8 Å². The number of benzene rings is 1. The topological polar surface area (TPSA) is 183 Å². The molecule has 0 aliphatic carbocycles. The fraction of sp³-hybridized carbons (Fsp3) is 0.677. The Balaban J connectivity index is 2.11. The van der Waals surface area contributed by atoms with E-state index in [1.807, 2.05) is 0 Å². The molecular formula is C31H52N4O10. The number of ether oxygens (including phenoxy) is 5. The number of nitrogens with one attached hydrogen (secondary N) is 4. The normalized spacial score (nSPS) is 12.7. The van der Waals surface area contributed by atoms with Gasteiger partial charge >= 0.3 is 6.09 Å². The van der Waals surface area contributed by atoms with Crippen LogP contribution in [0.25, 0.3) is 0 Å². The van der Waals surface area contributed by atoms with Crippen molar-refractivity contribution in [3.8, 4) is 0 Å². The number of hydrogen-bond donors (Lipinski definition) is 5. The van der Waals surface area contributed by atoms with E-state index in [0.717, 1.165) is 0 Å². The Kier molecular flexibility index (Phi) is 19.6. The lowest BCUT2D eigenvalue weighted by atomic mass is 10.0. The Morgan fingerprint density at radius 3 is 1.80 bits per heavy atom. The summed E-state index contributed by atoms with van der Waals surface area (Å²) in [6.45, 7) is 13.5. The van der Waals surface area contributed by atoms with Gasteiger partial charge in [-0.1, -0.05) is 26.0 Å². The van der Waals surface area contributed by atoms with Crippen LogP contribution in [0, 0.1) is 5.92 Å². The first-order valence-corrected chi connectivity index (χ1v) is 15.2. The van der Waals surface area contributed by atoms with E-state index in [-0.39, 0.29) is 31.5 Å². The van der Waals surface area contributed by atoms with Crippen LogP contribution in [0.15, 0.2) is 24.3 Å². The van der Waals surface area contributed by atoms with Gasteiger partial charge in [0.15, 0.2) is 0 Å². The van der Waals surface area contributed by atoms with Crippen molar-refractivity contribution in [2.24, 2.45) is 5.92 Å². The number of carbonyl (C=O) groups is 4. The molecule has 5 N–H and O–H groups in total. The van der Waals surface area contributed by atoms with Crippen LogP contribution in [0.3, 0.4) is 0 Å². The predicted molar refractivity (Wildman–Crippen MR) is 167 cm³/mol. The van der Waals surface area contributed by atoms with E-state index < -0.39 is 35.6 Å². The first kappa shape index (κ1) is 39.7. The van der Waals surface area contributed by atoms with E-state index in [1.165, 1.54) is 0 Å². The average molecular weight is 641 g/mol. The van der Waals surface area contributed by atoms with Crippen molar-refractivity contribution in [2.45, 2.75) is 72.3 Å². The van der Waals surface area contributed by atoms with E-state index >= 15 is 0 Å². The van der Waals surface area contributed by atoms with Crippen molar-refractivity contribution >= 4 is 29.5 Å². The van der Waals surface area contributed by atoms with Gasteiger partial charge in [-0.15, -0.1) is 0 Å². The van der Waals surface area contributed by atoms with Crippen LogP contribution >= 0.6 is 0 Å². The summed E-state index contributed by atoms with van der Waals surface area (Å²) >= 11 is 0. The van der Waals surface area contributed by atoms with E-state index in [2.05, 4.69) is 21.3 Å². The summed E-state index contributed by atoms with van der Waals surface area (Å²) < 4.78 is 26.8. The van der Waals surface area contributed by atoms with Crippen molar-refractivity contribution in [1.29, 1.82) is 0 Å². The van der Waals surface area contributed by atoms with Crippen molar-refractivity contribution in [3.05, 3.63) is 29.8 Å². The van der Waals surface area contributed by atoms with Crippen LogP contribution in [0.5, 0.6) is 0 Å².